The van der Waals surface area contributed by atoms with Crippen LogP contribution in [0.25, 0.3) is 0 Å². The smallest absolute Gasteiger partial charge is 0.226 e. The van der Waals surface area contributed by atoms with E-state index in [4.69, 9.17) is 16.3 Å². The number of amides is 2. The van der Waals surface area contributed by atoms with Gasteiger partial charge < -0.3 is 15.0 Å². The Morgan fingerprint density at radius 1 is 1.39 bits per heavy atom. The minimum absolute atomic E-state index is 0.0251. The maximum atomic E-state index is 12.6. The van der Waals surface area contributed by atoms with Crippen molar-refractivity contribution >= 4 is 23.4 Å². The molecule has 2 fully saturated rings. The summed E-state index contributed by atoms with van der Waals surface area (Å²) in [5.41, 5.74) is 0.826. The lowest BCUT2D eigenvalue weighted by Crippen LogP contribution is -2.37. The van der Waals surface area contributed by atoms with Crippen LogP contribution in [0.3, 0.4) is 0 Å². The van der Waals surface area contributed by atoms with Crippen molar-refractivity contribution in [3.05, 3.63) is 34.9 Å². The van der Waals surface area contributed by atoms with E-state index in [-0.39, 0.29) is 30.3 Å². The second kappa shape index (κ2) is 6.89. The molecular weight excluding hydrogens is 316 g/mol. The van der Waals surface area contributed by atoms with Crippen molar-refractivity contribution < 1.29 is 14.3 Å². The predicted molar refractivity (Wildman–Crippen MR) is 87.1 cm³/mol. The molecule has 6 heteroatoms. The molecule has 0 bridgehead atoms. The third kappa shape index (κ3) is 3.51. The van der Waals surface area contributed by atoms with Crippen molar-refractivity contribution in [2.24, 2.45) is 5.92 Å². The lowest BCUT2D eigenvalue weighted by molar-refractivity contribution is -0.129. The quantitative estimate of drug-likeness (QED) is 0.866. The molecule has 3 rings (SSSR count). The van der Waals surface area contributed by atoms with Gasteiger partial charge in [-0.25, -0.2) is 0 Å². The summed E-state index contributed by atoms with van der Waals surface area (Å²) in [4.78, 5) is 26.8. The van der Waals surface area contributed by atoms with Crippen molar-refractivity contribution in [3.63, 3.8) is 0 Å². The SMILES string of the molecule is COCCN1C(=O)C[C@@H](C(=O)NC2CC2)[C@@H]1c1ccccc1Cl. The number of rotatable bonds is 6. The molecule has 124 valence electrons. The molecular formula is C17H21ClN2O3. The molecule has 2 atom stereocenters. The van der Waals surface area contributed by atoms with Gasteiger partial charge in [0.25, 0.3) is 0 Å². The number of hydrogen-bond donors (Lipinski definition) is 1. The number of nitrogens with zero attached hydrogens (tertiary/aromatic N) is 1. The van der Waals surface area contributed by atoms with E-state index in [1.165, 1.54) is 0 Å². The fraction of sp³-hybridized carbons (Fsp3) is 0.529. The number of carbonyl (C=O) groups excluding carboxylic acids is 2. The minimum Gasteiger partial charge on any atom is -0.383 e. The molecule has 1 heterocycles. The average Bonchev–Trinajstić information content (AvgIpc) is 3.28. The highest BCUT2D eigenvalue weighted by atomic mass is 35.5. The molecule has 2 aliphatic rings. The van der Waals surface area contributed by atoms with Crippen LogP contribution in [-0.4, -0.2) is 43.0 Å². The summed E-state index contributed by atoms with van der Waals surface area (Å²) in [6.07, 6.45) is 2.27. The first-order valence-corrected chi connectivity index (χ1v) is 8.33. The number of nitrogens with one attached hydrogen (secondary N) is 1. The summed E-state index contributed by atoms with van der Waals surface area (Å²) in [6, 6.07) is 7.37. The van der Waals surface area contributed by atoms with Gasteiger partial charge in [0.2, 0.25) is 11.8 Å². The van der Waals surface area contributed by atoms with Gasteiger partial charge in [-0.2, -0.15) is 0 Å². The van der Waals surface area contributed by atoms with Crippen LogP contribution in [0.1, 0.15) is 30.9 Å². The van der Waals surface area contributed by atoms with E-state index in [1.54, 1.807) is 18.1 Å². The number of likely N-dealkylation sites (tertiary alicyclic amines) is 1. The zero-order valence-corrected chi connectivity index (χ0v) is 13.9. The van der Waals surface area contributed by atoms with Gasteiger partial charge in [0.1, 0.15) is 0 Å². The maximum absolute atomic E-state index is 12.6. The summed E-state index contributed by atoms with van der Waals surface area (Å²) in [5, 5.41) is 3.60. The Kier molecular flexibility index (Phi) is 4.87. The molecule has 2 amide bonds. The molecule has 1 saturated heterocycles. The average molecular weight is 337 g/mol. The van der Waals surface area contributed by atoms with Crippen molar-refractivity contribution in [2.75, 3.05) is 20.3 Å². The monoisotopic (exact) mass is 336 g/mol. The van der Waals surface area contributed by atoms with Crippen molar-refractivity contribution in [1.29, 1.82) is 0 Å². The molecule has 1 aliphatic carbocycles. The second-order valence-corrected chi connectivity index (χ2v) is 6.55. The van der Waals surface area contributed by atoms with Gasteiger partial charge in [-0.15, -0.1) is 0 Å². The van der Waals surface area contributed by atoms with Gasteiger partial charge in [-0.1, -0.05) is 29.8 Å². The first-order valence-electron chi connectivity index (χ1n) is 7.95. The standard InChI is InChI=1S/C17H21ClN2O3/c1-23-9-8-20-15(21)10-13(17(22)19-11-6-7-11)16(20)12-4-2-3-5-14(12)18/h2-5,11,13,16H,6-10H2,1H3,(H,19,22)/t13-,16+/m1/s1. The highest BCUT2D eigenvalue weighted by Gasteiger charge is 2.45. The summed E-state index contributed by atoms with van der Waals surface area (Å²) < 4.78 is 5.11. The Labute approximate surface area is 140 Å². The molecule has 1 saturated carbocycles. The number of methoxy groups -OCH3 is 1. The van der Waals surface area contributed by atoms with E-state index in [2.05, 4.69) is 5.32 Å². The van der Waals surface area contributed by atoms with E-state index in [9.17, 15) is 9.59 Å². The van der Waals surface area contributed by atoms with E-state index in [0.717, 1.165) is 18.4 Å². The first-order chi connectivity index (χ1) is 11.1. The Morgan fingerprint density at radius 3 is 2.78 bits per heavy atom. The number of halogens is 1. The van der Waals surface area contributed by atoms with Gasteiger partial charge in [0, 0.05) is 31.1 Å². The van der Waals surface area contributed by atoms with Gasteiger partial charge in [-0.3, -0.25) is 9.59 Å². The minimum atomic E-state index is -0.403. The summed E-state index contributed by atoms with van der Waals surface area (Å²) in [6.45, 7) is 0.891. The van der Waals surface area contributed by atoms with Crippen LogP contribution >= 0.6 is 11.6 Å². The highest BCUT2D eigenvalue weighted by Crippen LogP contribution is 2.41. The number of benzene rings is 1. The van der Waals surface area contributed by atoms with Gasteiger partial charge in [0.15, 0.2) is 0 Å². The van der Waals surface area contributed by atoms with Crippen molar-refractivity contribution in [1.82, 2.24) is 10.2 Å². The predicted octanol–water partition coefficient (Wildman–Crippen LogP) is 2.15. The van der Waals surface area contributed by atoms with E-state index < -0.39 is 5.92 Å². The molecule has 1 aromatic rings. The Bertz CT molecular complexity index is 603. The number of ether oxygens (including phenoxy) is 1. The topological polar surface area (TPSA) is 58.6 Å². The molecule has 0 radical (unpaired) electrons. The van der Waals surface area contributed by atoms with Gasteiger partial charge >= 0.3 is 0 Å². The van der Waals surface area contributed by atoms with Crippen LogP contribution in [-0.2, 0) is 14.3 Å². The van der Waals surface area contributed by atoms with Crippen molar-refractivity contribution in [2.45, 2.75) is 31.3 Å². The Hall–Kier alpha value is -1.59. The largest absolute Gasteiger partial charge is 0.383 e. The van der Waals surface area contributed by atoms with E-state index in [1.807, 2.05) is 18.2 Å². The van der Waals surface area contributed by atoms with E-state index in [0.29, 0.717) is 18.2 Å². The number of hydrogen-bond acceptors (Lipinski definition) is 3. The molecule has 5 nitrogen and oxygen atoms in total. The zero-order valence-electron chi connectivity index (χ0n) is 13.1. The second-order valence-electron chi connectivity index (χ2n) is 6.14. The molecule has 1 N–H and O–H groups in total. The number of carbonyl (C=O) groups is 2. The van der Waals surface area contributed by atoms with Crippen LogP contribution < -0.4 is 5.32 Å². The molecule has 1 aromatic carbocycles. The highest BCUT2D eigenvalue weighted by molar-refractivity contribution is 6.31. The Balaban J connectivity index is 1.89. The molecule has 0 unspecified atom stereocenters. The van der Waals surface area contributed by atoms with Crippen LogP contribution in [0.4, 0.5) is 0 Å². The summed E-state index contributed by atoms with van der Waals surface area (Å²) in [5.74, 6) is -0.478. The van der Waals surface area contributed by atoms with Gasteiger partial charge in [0.05, 0.1) is 18.6 Å². The zero-order chi connectivity index (χ0) is 16.4. The van der Waals surface area contributed by atoms with Crippen LogP contribution in [0.2, 0.25) is 5.02 Å². The van der Waals surface area contributed by atoms with Crippen LogP contribution in [0.15, 0.2) is 24.3 Å². The molecule has 0 spiro atoms. The third-order valence-corrected chi connectivity index (χ3v) is 4.80. The molecule has 1 aliphatic heterocycles. The van der Waals surface area contributed by atoms with Gasteiger partial charge in [-0.05, 0) is 24.5 Å². The molecule has 23 heavy (non-hydrogen) atoms. The summed E-state index contributed by atoms with van der Waals surface area (Å²) in [7, 11) is 1.60. The fourth-order valence-electron chi connectivity index (χ4n) is 3.11. The van der Waals surface area contributed by atoms with Crippen LogP contribution in [0, 0.1) is 5.92 Å². The lowest BCUT2D eigenvalue weighted by Gasteiger charge is -2.28. The normalized spacial score (nSPS) is 24.1. The fourth-order valence-corrected chi connectivity index (χ4v) is 3.36. The lowest BCUT2D eigenvalue weighted by atomic mass is 9.92. The summed E-state index contributed by atoms with van der Waals surface area (Å²) >= 11 is 6.34. The Morgan fingerprint density at radius 2 is 2.13 bits per heavy atom. The third-order valence-electron chi connectivity index (χ3n) is 4.45. The van der Waals surface area contributed by atoms with E-state index >= 15 is 0 Å². The first kappa shape index (κ1) is 16.3. The molecule has 0 aromatic heterocycles. The van der Waals surface area contributed by atoms with Crippen LogP contribution in [0.5, 0.6) is 0 Å². The maximum Gasteiger partial charge on any atom is 0.226 e. The van der Waals surface area contributed by atoms with Crippen molar-refractivity contribution in [3.8, 4) is 0 Å².